The summed E-state index contributed by atoms with van der Waals surface area (Å²) < 4.78 is 389. The van der Waals surface area contributed by atoms with Crippen molar-refractivity contribution in [2.24, 2.45) is 28.1 Å². The lowest BCUT2D eigenvalue weighted by Gasteiger charge is -2.32. The first-order chi connectivity index (χ1) is 48.4. The maximum Gasteiger partial charge on any atom is 0.421 e. The number of rotatable bonds is 8. The van der Waals surface area contributed by atoms with E-state index in [9.17, 15) is 145 Å². The van der Waals surface area contributed by atoms with Crippen molar-refractivity contribution < 1.29 is 145 Å². The first kappa shape index (κ1) is 125. The van der Waals surface area contributed by atoms with Gasteiger partial charge in [0.05, 0.1) is 22.6 Å². The fraction of sp³-hybridized carbons (Fsp3) is 0.769. The Bertz CT molecular complexity index is 2740. The van der Waals surface area contributed by atoms with E-state index < -0.39 is 125 Å². The fourth-order valence-corrected chi connectivity index (χ4v) is 6.64. The predicted octanol–water partition coefficient (Wildman–Crippen LogP) is 35.4. The number of benzene rings is 3. The Kier molecular flexibility index (Phi) is 56.2. The molecule has 0 nitrogen and oxygen atoms in total. The third-order valence-electron chi connectivity index (χ3n) is 16.0. The van der Waals surface area contributed by atoms with Crippen LogP contribution in [0.5, 0.6) is 0 Å². The van der Waals surface area contributed by atoms with Crippen molar-refractivity contribution in [1.29, 1.82) is 0 Å². The molecule has 0 aliphatic heterocycles. The molecule has 0 N–H and O–H groups in total. The maximum atomic E-state index is 12.8. The van der Waals surface area contributed by atoms with Crippen molar-refractivity contribution >= 4 is 0 Å². The molecule has 0 bridgehead atoms. The average Bonchev–Trinajstić information content (AvgIpc) is 0.760. The molecule has 0 spiro atoms. The van der Waals surface area contributed by atoms with Gasteiger partial charge in [0.25, 0.3) is 0 Å². The summed E-state index contributed by atoms with van der Waals surface area (Å²) in [6.45, 7) is 53.1. The molecule has 3 aromatic carbocycles. The Balaban J connectivity index is -0.000000151. The Morgan fingerprint density at radius 3 is 0.649 bits per heavy atom. The largest absolute Gasteiger partial charge is 0.421 e. The van der Waals surface area contributed by atoms with Gasteiger partial charge < -0.3 is 0 Å². The van der Waals surface area contributed by atoms with Gasteiger partial charge in [-0.2, -0.15) is 132 Å². The highest BCUT2D eigenvalue weighted by atomic mass is 19.5. The molecule has 111 heavy (non-hydrogen) atoms. The van der Waals surface area contributed by atoms with Crippen LogP contribution < -0.4 is 0 Å². The zero-order valence-corrected chi connectivity index (χ0v) is 70.1. The highest BCUT2D eigenvalue weighted by molar-refractivity contribution is 5.44. The van der Waals surface area contributed by atoms with E-state index in [4.69, 9.17) is 0 Å². The highest BCUT2D eigenvalue weighted by Gasteiger charge is 2.66. The van der Waals surface area contributed by atoms with E-state index in [1.165, 1.54) is 68.0 Å². The van der Waals surface area contributed by atoms with Crippen molar-refractivity contribution in [2.75, 3.05) is 0 Å². The van der Waals surface area contributed by atoms with Crippen LogP contribution in [0.3, 0.4) is 0 Å². The van der Waals surface area contributed by atoms with Crippen LogP contribution in [0.4, 0.5) is 145 Å². The molecule has 1 unspecified atom stereocenters. The Labute approximate surface area is 638 Å². The molecule has 0 heterocycles. The quantitative estimate of drug-likeness (QED) is 0.197. The minimum atomic E-state index is -5.24. The molecule has 666 valence electrons. The Morgan fingerprint density at radius 2 is 0.550 bits per heavy atom. The number of halogens is 33. The molecule has 0 aliphatic carbocycles. The standard InChI is InChI=1S/C16H26.C14H19F3.C9H6F6.C6H8F6.C6H14.C5H6F6.C5H9F3.C4H6F4.C4H7F3.C4H8F2.C3H8.C2H6/c1-10(2)14-8-15(11(3)4)13(7)16(9-14)12(5)6;1-8(2)12-6-11(14(15,16)17)7-13(9(3)4)10(12)5;1-5-6(8(10,11)12)3-2-4-7(5)9(13,14)15;1-3-4(2,5(7,8)9)6(10,11)12;1-5-6(2,3)4;1-3(2,4(6,7)8)5(9,10)11;1-3-4(2)5(6,7)8;1-3(2,5)4(6,7)8;1-3(2)4(5,6)7;1-3-4(2,5)6;1-3-2;1-2/h8-12H,1-7H3;6-9H,1-5H3;2-4H,1H3;3H2,1-2H3;5H2,1-4H3;1-2H3;4H,3H2,1-2H3;1-2H3;3H,1-2H3;3H2,1-2H3;3H2,1-2H3;1-2H3. The summed E-state index contributed by atoms with van der Waals surface area (Å²) >= 11 is 0. The van der Waals surface area contributed by atoms with Crippen LogP contribution in [0, 0.1) is 48.9 Å². The van der Waals surface area contributed by atoms with E-state index in [-0.39, 0.29) is 45.4 Å². The van der Waals surface area contributed by atoms with Gasteiger partial charge in [-0.25, -0.2) is 13.2 Å². The second kappa shape index (κ2) is 50.1. The molecule has 0 aromatic heterocycles. The third-order valence-corrected chi connectivity index (χ3v) is 16.0. The molecular formula is C78H123F33. The lowest BCUT2D eigenvalue weighted by Crippen LogP contribution is -2.47. The summed E-state index contributed by atoms with van der Waals surface area (Å²) in [5.74, 6) is -2.73. The smallest absolute Gasteiger partial charge is 0.234 e. The average molecular weight is 1690 g/mol. The summed E-state index contributed by atoms with van der Waals surface area (Å²) in [7, 11) is 0. The van der Waals surface area contributed by atoms with Gasteiger partial charge in [-0.3, -0.25) is 0 Å². The van der Waals surface area contributed by atoms with Crippen molar-refractivity contribution in [3.63, 3.8) is 0 Å². The zero-order valence-electron chi connectivity index (χ0n) is 70.1. The Hall–Kier alpha value is -4.65. The zero-order chi connectivity index (χ0) is 92.4. The molecule has 3 aromatic rings. The van der Waals surface area contributed by atoms with E-state index in [1.54, 1.807) is 0 Å². The molecule has 3 rings (SSSR count). The van der Waals surface area contributed by atoms with Gasteiger partial charge in [0, 0.05) is 12.3 Å². The van der Waals surface area contributed by atoms with E-state index in [2.05, 4.69) is 102 Å². The summed E-state index contributed by atoms with van der Waals surface area (Å²) in [6, 6.07) is 9.37. The lowest BCUT2D eigenvalue weighted by molar-refractivity contribution is -0.335. The summed E-state index contributed by atoms with van der Waals surface area (Å²) in [6.07, 6.45) is -45.8. The molecule has 0 saturated carbocycles. The summed E-state index contributed by atoms with van der Waals surface area (Å²) in [5.41, 5.74) is -4.96. The van der Waals surface area contributed by atoms with Crippen molar-refractivity contribution in [2.45, 2.75) is 364 Å². The minimum Gasteiger partial charge on any atom is -0.234 e. The number of hydrogen-bond acceptors (Lipinski definition) is 0. The van der Waals surface area contributed by atoms with Crippen LogP contribution in [0.1, 0.15) is 331 Å². The van der Waals surface area contributed by atoms with Gasteiger partial charge in [-0.15, -0.1) is 0 Å². The molecule has 0 aliphatic rings. The van der Waals surface area contributed by atoms with Gasteiger partial charge >= 0.3 is 61.8 Å². The molecule has 0 amide bonds. The van der Waals surface area contributed by atoms with Gasteiger partial charge in [-0.1, -0.05) is 197 Å². The van der Waals surface area contributed by atoms with E-state index in [0.29, 0.717) is 49.1 Å². The maximum absolute atomic E-state index is 12.8. The normalized spacial score (nSPS) is 13.0. The van der Waals surface area contributed by atoms with Crippen LogP contribution in [0.2, 0.25) is 0 Å². The van der Waals surface area contributed by atoms with Crippen LogP contribution in [0.15, 0.2) is 42.5 Å². The topological polar surface area (TPSA) is 0 Å². The number of hydrogen-bond donors (Lipinski definition) is 0. The van der Waals surface area contributed by atoms with Crippen LogP contribution in [-0.2, 0) is 18.5 Å². The predicted molar refractivity (Wildman–Crippen MR) is 381 cm³/mol. The molecule has 0 saturated heterocycles. The van der Waals surface area contributed by atoms with Crippen molar-refractivity contribution in [3.8, 4) is 0 Å². The Morgan fingerprint density at radius 1 is 0.315 bits per heavy atom. The monoisotopic (exact) mass is 1690 g/mol. The third kappa shape index (κ3) is 51.8. The molecule has 1 atom stereocenters. The van der Waals surface area contributed by atoms with Gasteiger partial charge in [0.1, 0.15) is 0 Å². The van der Waals surface area contributed by atoms with Crippen LogP contribution >= 0.6 is 0 Å². The lowest BCUT2D eigenvalue weighted by atomic mass is 9.85. The minimum absolute atomic E-state index is 0.0625. The number of alkyl halides is 33. The SMILES string of the molecule is CC.CC(C)(C(F)(F)F)C(F)(F)F.CC(C)(F)C(F)(F)F.CC(C)C(F)(F)F.CCC.CCC(C)(C(F)(F)F)C(F)(F)F.CCC(C)(C)C.CCC(C)(F)F.CCC(C)C(F)(F)F.Cc1c(C(C)C)cc(C(C)C)cc1C(C)C.Cc1c(C(C)C)cc(C(F)(F)F)cc1C(C)C.Cc1c(C(F)(F)F)cccc1C(F)(F)F. The van der Waals surface area contributed by atoms with Gasteiger partial charge in [0.15, 0.2) is 16.5 Å². The van der Waals surface area contributed by atoms with E-state index >= 15 is 0 Å². The van der Waals surface area contributed by atoms with Crippen molar-refractivity contribution in [1.82, 2.24) is 0 Å². The summed E-state index contributed by atoms with van der Waals surface area (Å²) in [5, 5.41) is 0. The van der Waals surface area contributed by atoms with Crippen LogP contribution in [0.25, 0.3) is 0 Å². The highest BCUT2D eigenvalue weighted by Crippen LogP contribution is 2.53. The molecule has 0 fully saturated rings. The second-order valence-corrected chi connectivity index (χ2v) is 29.7. The van der Waals surface area contributed by atoms with E-state index in [0.717, 1.165) is 57.4 Å². The fourth-order valence-electron chi connectivity index (χ4n) is 6.64. The van der Waals surface area contributed by atoms with Crippen molar-refractivity contribution in [3.05, 3.63) is 104 Å². The molecule has 0 radical (unpaired) electrons. The molecule has 33 heteroatoms. The van der Waals surface area contributed by atoms with Gasteiger partial charge in [-0.05, 0) is 179 Å². The van der Waals surface area contributed by atoms with Crippen LogP contribution in [-0.4, -0.2) is 54.8 Å². The first-order valence-electron chi connectivity index (χ1n) is 35.5. The molecular weight excluding hydrogens is 1560 g/mol. The first-order valence-corrected chi connectivity index (χ1v) is 35.5. The summed E-state index contributed by atoms with van der Waals surface area (Å²) in [4.78, 5) is 0. The van der Waals surface area contributed by atoms with Gasteiger partial charge in [0.2, 0.25) is 5.92 Å². The second-order valence-electron chi connectivity index (χ2n) is 29.7. The van der Waals surface area contributed by atoms with E-state index in [1.807, 2.05) is 48.5 Å².